The number of sulfone groups is 1. The lowest BCUT2D eigenvalue weighted by atomic mass is 10.2. The van der Waals surface area contributed by atoms with E-state index in [1.54, 1.807) is 23.9 Å². The predicted octanol–water partition coefficient (Wildman–Crippen LogP) is 4.90. The van der Waals surface area contributed by atoms with Crippen LogP contribution in [0.2, 0.25) is 0 Å². The molecule has 4 heteroatoms. The number of thioether (sulfide) groups is 1. The van der Waals surface area contributed by atoms with Gasteiger partial charge in [0.1, 0.15) is 0 Å². The van der Waals surface area contributed by atoms with Gasteiger partial charge in [0, 0.05) is 10.6 Å². The first-order valence-electron chi connectivity index (χ1n) is 7.89. The quantitative estimate of drug-likeness (QED) is 0.668. The van der Waals surface area contributed by atoms with Gasteiger partial charge in [0.2, 0.25) is 0 Å². The SMILES string of the molecule is CCC(CSc1ccc(C)cc1)CS(=O)(=O)c1ccc(C)cc1. The predicted molar refractivity (Wildman–Crippen MR) is 98.9 cm³/mol. The van der Waals surface area contributed by atoms with Crippen LogP contribution >= 0.6 is 11.8 Å². The summed E-state index contributed by atoms with van der Waals surface area (Å²) in [6, 6.07) is 15.5. The van der Waals surface area contributed by atoms with Gasteiger partial charge in [-0.1, -0.05) is 48.7 Å². The highest BCUT2D eigenvalue weighted by Crippen LogP contribution is 2.25. The molecule has 23 heavy (non-hydrogen) atoms. The van der Waals surface area contributed by atoms with E-state index in [0.717, 1.165) is 17.7 Å². The molecule has 0 saturated heterocycles. The fourth-order valence-electron chi connectivity index (χ4n) is 2.28. The average Bonchev–Trinajstić information content (AvgIpc) is 2.53. The first kappa shape index (κ1) is 18.1. The topological polar surface area (TPSA) is 34.1 Å². The summed E-state index contributed by atoms with van der Waals surface area (Å²) in [5, 5.41) is 0. The summed E-state index contributed by atoms with van der Waals surface area (Å²) in [4.78, 5) is 1.63. The zero-order chi connectivity index (χ0) is 16.9. The maximum absolute atomic E-state index is 12.6. The van der Waals surface area contributed by atoms with E-state index in [9.17, 15) is 8.42 Å². The van der Waals surface area contributed by atoms with Crippen molar-refractivity contribution in [1.29, 1.82) is 0 Å². The molecule has 0 N–H and O–H groups in total. The van der Waals surface area contributed by atoms with E-state index in [1.165, 1.54) is 10.5 Å². The van der Waals surface area contributed by atoms with E-state index in [1.807, 2.05) is 19.1 Å². The zero-order valence-electron chi connectivity index (χ0n) is 14.0. The van der Waals surface area contributed by atoms with E-state index in [2.05, 4.69) is 38.1 Å². The minimum atomic E-state index is -3.21. The van der Waals surface area contributed by atoms with Gasteiger partial charge in [0.25, 0.3) is 0 Å². The molecule has 1 atom stereocenters. The fourth-order valence-corrected chi connectivity index (χ4v) is 5.26. The van der Waals surface area contributed by atoms with Gasteiger partial charge < -0.3 is 0 Å². The minimum Gasteiger partial charge on any atom is -0.224 e. The van der Waals surface area contributed by atoms with E-state index in [0.29, 0.717) is 4.90 Å². The molecule has 0 aliphatic rings. The summed E-state index contributed by atoms with van der Waals surface area (Å²) in [6.07, 6.45) is 0.865. The molecule has 2 rings (SSSR count). The summed E-state index contributed by atoms with van der Waals surface area (Å²) in [7, 11) is -3.21. The summed E-state index contributed by atoms with van der Waals surface area (Å²) < 4.78 is 25.1. The third-order valence-corrected chi connectivity index (χ3v) is 7.06. The molecule has 0 aliphatic carbocycles. The molecule has 0 fully saturated rings. The molecule has 0 amide bonds. The molecule has 1 unspecified atom stereocenters. The fraction of sp³-hybridized carbons (Fsp3) is 0.368. The van der Waals surface area contributed by atoms with E-state index >= 15 is 0 Å². The molecule has 0 bridgehead atoms. The Morgan fingerprint density at radius 3 is 1.96 bits per heavy atom. The maximum atomic E-state index is 12.6. The second-order valence-electron chi connectivity index (χ2n) is 5.99. The van der Waals surface area contributed by atoms with Crippen molar-refractivity contribution in [3.05, 3.63) is 59.7 Å². The van der Waals surface area contributed by atoms with Crippen molar-refractivity contribution in [2.24, 2.45) is 5.92 Å². The van der Waals surface area contributed by atoms with Crippen LogP contribution in [-0.2, 0) is 9.84 Å². The molecule has 2 nitrogen and oxygen atoms in total. The maximum Gasteiger partial charge on any atom is 0.178 e. The largest absolute Gasteiger partial charge is 0.224 e. The molecule has 0 aliphatic heterocycles. The smallest absolute Gasteiger partial charge is 0.178 e. The van der Waals surface area contributed by atoms with Crippen molar-refractivity contribution in [1.82, 2.24) is 0 Å². The highest BCUT2D eigenvalue weighted by Gasteiger charge is 2.20. The van der Waals surface area contributed by atoms with Gasteiger partial charge in [0.05, 0.1) is 10.6 Å². The first-order valence-corrected chi connectivity index (χ1v) is 10.5. The van der Waals surface area contributed by atoms with Crippen LogP contribution in [0.1, 0.15) is 24.5 Å². The van der Waals surface area contributed by atoms with E-state index in [4.69, 9.17) is 0 Å². The molecule has 2 aromatic rings. The van der Waals surface area contributed by atoms with Gasteiger partial charge in [0.15, 0.2) is 9.84 Å². The van der Waals surface area contributed by atoms with Crippen LogP contribution in [0, 0.1) is 19.8 Å². The highest BCUT2D eigenvalue weighted by molar-refractivity contribution is 7.99. The van der Waals surface area contributed by atoms with Gasteiger partial charge in [-0.3, -0.25) is 0 Å². The van der Waals surface area contributed by atoms with Crippen molar-refractivity contribution < 1.29 is 8.42 Å². The van der Waals surface area contributed by atoms with Crippen molar-refractivity contribution in [3.8, 4) is 0 Å². The Kier molecular flexibility index (Phi) is 6.31. The molecule has 0 heterocycles. The Bertz CT molecular complexity index is 717. The molecule has 0 spiro atoms. The van der Waals surface area contributed by atoms with E-state index in [-0.39, 0.29) is 11.7 Å². The molecular formula is C19H24O2S2. The van der Waals surface area contributed by atoms with Crippen molar-refractivity contribution >= 4 is 21.6 Å². The number of benzene rings is 2. The van der Waals surface area contributed by atoms with Gasteiger partial charge in [-0.2, -0.15) is 0 Å². The molecule has 2 aromatic carbocycles. The Morgan fingerprint density at radius 2 is 1.43 bits per heavy atom. The molecule has 124 valence electrons. The van der Waals surface area contributed by atoms with Crippen molar-refractivity contribution in [3.63, 3.8) is 0 Å². The number of aryl methyl sites for hydroxylation is 2. The number of hydrogen-bond donors (Lipinski definition) is 0. The summed E-state index contributed by atoms with van der Waals surface area (Å²) in [5.41, 5.74) is 2.31. The molecule has 0 saturated carbocycles. The highest BCUT2D eigenvalue weighted by atomic mass is 32.2. The second-order valence-corrected chi connectivity index (χ2v) is 9.12. The van der Waals surface area contributed by atoms with Crippen LogP contribution in [0.3, 0.4) is 0 Å². The molecule has 0 radical (unpaired) electrons. The van der Waals surface area contributed by atoms with Crippen LogP contribution in [0.4, 0.5) is 0 Å². The monoisotopic (exact) mass is 348 g/mol. The van der Waals surface area contributed by atoms with Gasteiger partial charge in [-0.25, -0.2) is 8.42 Å². The Labute approximate surface area is 144 Å². The van der Waals surface area contributed by atoms with Crippen molar-refractivity contribution in [2.75, 3.05) is 11.5 Å². The normalized spacial score (nSPS) is 13.0. The number of rotatable bonds is 7. The standard InChI is InChI=1S/C19H24O2S2/c1-4-17(13-22-18-9-5-15(2)6-10-18)14-23(20,21)19-11-7-16(3)8-12-19/h5-12,17H,4,13-14H2,1-3H3. The lowest BCUT2D eigenvalue weighted by Crippen LogP contribution is -2.18. The average molecular weight is 349 g/mol. The second kappa shape index (κ2) is 8.02. The summed E-state index contributed by atoms with van der Waals surface area (Å²) in [6.45, 7) is 6.09. The Balaban J connectivity index is 2.00. The molecule has 0 aromatic heterocycles. The Morgan fingerprint density at radius 1 is 0.913 bits per heavy atom. The van der Waals surface area contributed by atoms with Crippen LogP contribution in [-0.4, -0.2) is 19.9 Å². The number of hydrogen-bond acceptors (Lipinski definition) is 3. The lowest BCUT2D eigenvalue weighted by molar-refractivity contribution is 0.567. The minimum absolute atomic E-state index is 0.160. The summed E-state index contributed by atoms with van der Waals surface area (Å²) >= 11 is 1.74. The Hall–Kier alpha value is -1.26. The van der Waals surface area contributed by atoms with Gasteiger partial charge in [-0.15, -0.1) is 11.8 Å². The zero-order valence-corrected chi connectivity index (χ0v) is 15.6. The molecular weight excluding hydrogens is 324 g/mol. The van der Waals surface area contributed by atoms with Crippen LogP contribution in [0.5, 0.6) is 0 Å². The van der Waals surface area contributed by atoms with Crippen LogP contribution in [0.15, 0.2) is 58.3 Å². The van der Waals surface area contributed by atoms with Gasteiger partial charge in [-0.05, 0) is 44.0 Å². The van der Waals surface area contributed by atoms with E-state index < -0.39 is 9.84 Å². The van der Waals surface area contributed by atoms with Crippen LogP contribution < -0.4 is 0 Å². The third-order valence-electron chi connectivity index (χ3n) is 3.92. The first-order chi connectivity index (χ1) is 10.9. The lowest BCUT2D eigenvalue weighted by Gasteiger charge is -2.15. The van der Waals surface area contributed by atoms with Crippen LogP contribution in [0.25, 0.3) is 0 Å². The third kappa shape index (κ3) is 5.40. The van der Waals surface area contributed by atoms with Crippen molar-refractivity contribution in [2.45, 2.75) is 37.0 Å². The van der Waals surface area contributed by atoms with Gasteiger partial charge >= 0.3 is 0 Å². The summed E-state index contributed by atoms with van der Waals surface area (Å²) in [5.74, 6) is 1.20.